The monoisotopic (exact) mass is 384 g/mol. The smallest absolute Gasteiger partial charge is 0.331 e. The summed E-state index contributed by atoms with van der Waals surface area (Å²) in [6.07, 6.45) is 6.72. The molecular weight excluding hydrogens is 360 g/mol. The number of benzene rings is 2. The third kappa shape index (κ3) is 8.07. The van der Waals surface area contributed by atoms with E-state index in [1.807, 2.05) is 42.5 Å². The Morgan fingerprint density at radius 3 is 1.79 bits per heavy atom. The number of carbonyl (C=O) groups excluding carboxylic acids is 1. The molecule has 28 heavy (non-hydrogen) atoms. The highest BCUT2D eigenvalue weighted by molar-refractivity contribution is 5.87. The normalized spacial score (nSPS) is 11.1. The predicted octanol–water partition coefficient (Wildman–Crippen LogP) is 3.92. The van der Waals surface area contributed by atoms with Gasteiger partial charge in [-0.2, -0.15) is 0 Å². The molecule has 0 fully saturated rings. The van der Waals surface area contributed by atoms with Gasteiger partial charge in [-0.05, 0) is 47.5 Å². The predicted molar refractivity (Wildman–Crippen MR) is 107 cm³/mol. The summed E-state index contributed by atoms with van der Waals surface area (Å²) in [5.74, 6) is 1.02. The Balaban J connectivity index is 1.72. The maximum Gasteiger partial charge on any atom is 0.331 e. The minimum absolute atomic E-state index is 0.189. The number of esters is 1. The summed E-state index contributed by atoms with van der Waals surface area (Å²) in [6.45, 7) is 0.597. The van der Waals surface area contributed by atoms with Crippen molar-refractivity contribution in [3.63, 3.8) is 0 Å². The molecule has 0 aliphatic carbocycles. The van der Waals surface area contributed by atoms with Crippen molar-refractivity contribution in [3.8, 4) is 11.5 Å². The second-order valence-electron chi connectivity index (χ2n) is 5.61. The van der Waals surface area contributed by atoms with Crippen molar-refractivity contribution in [2.45, 2.75) is 0 Å². The molecule has 0 unspecified atom stereocenters. The zero-order valence-corrected chi connectivity index (χ0v) is 16.0. The first-order valence-electron chi connectivity index (χ1n) is 8.66. The maximum absolute atomic E-state index is 11.8. The largest absolute Gasteiger partial charge is 0.468 e. The van der Waals surface area contributed by atoms with Crippen LogP contribution >= 0.6 is 0 Å². The lowest BCUT2D eigenvalue weighted by atomic mass is 10.2. The highest BCUT2D eigenvalue weighted by atomic mass is 16.7. The second-order valence-corrected chi connectivity index (χ2v) is 5.61. The van der Waals surface area contributed by atoms with E-state index >= 15 is 0 Å². The van der Waals surface area contributed by atoms with Crippen LogP contribution in [0.15, 0.2) is 60.7 Å². The Hall–Kier alpha value is -3.09. The van der Waals surface area contributed by atoms with Crippen LogP contribution in [0.2, 0.25) is 0 Å². The lowest BCUT2D eigenvalue weighted by molar-refractivity contribution is -0.136. The summed E-state index contributed by atoms with van der Waals surface area (Å²) < 4.78 is 25.4. The van der Waals surface area contributed by atoms with E-state index < -0.39 is 5.97 Å². The van der Waals surface area contributed by atoms with Gasteiger partial charge in [0.2, 0.25) is 0 Å². The first kappa shape index (κ1) is 21.2. The maximum atomic E-state index is 11.8. The first-order valence-corrected chi connectivity index (χ1v) is 8.66. The molecule has 148 valence electrons. The van der Waals surface area contributed by atoms with Crippen molar-refractivity contribution in [2.75, 3.05) is 34.4 Å². The molecule has 0 aromatic heterocycles. The zero-order chi connectivity index (χ0) is 20.0. The SMILES string of the molecule is COCOc1ccc(/C=C/COC(=O)/C=C/c2ccc(OCOC)cc2)cc1. The Morgan fingerprint density at radius 1 is 0.786 bits per heavy atom. The summed E-state index contributed by atoms with van der Waals surface area (Å²) in [6, 6.07) is 14.8. The summed E-state index contributed by atoms with van der Waals surface area (Å²) in [5, 5.41) is 0. The fourth-order valence-corrected chi connectivity index (χ4v) is 2.13. The summed E-state index contributed by atoms with van der Waals surface area (Å²) in [5.41, 5.74) is 1.85. The Labute approximate surface area is 164 Å². The molecule has 0 spiro atoms. The molecule has 0 amide bonds. The number of methoxy groups -OCH3 is 2. The fourth-order valence-electron chi connectivity index (χ4n) is 2.13. The molecule has 0 atom stereocenters. The number of hydrogen-bond acceptors (Lipinski definition) is 6. The molecule has 2 aromatic rings. The minimum Gasteiger partial charge on any atom is -0.468 e. The second kappa shape index (κ2) is 12.3. The molecule has 0 N–H and O–H groups in total. The van der Waals surface area contributed by atoms with Gasteiger partial charge in [0.1, 0.15) is 18.1 Å². The molecule has 0 bridgehead atoms. The lowest BCUT2D eigenvalue weighted by Crippen LogP contribution is -2.00. The van der Waals surface area contributed by atoms with Gasteiger partial charge in [-0.3, -0.25) is 0 Å². The molecule has 0 aliphatic rings. The third-order valence-corrected chi connectivity index (χ3v) is 3.49. The van der Waals surface area contributed by atoms with E-state index in [-0.39, 0.29) is 20.2 Å². The van der Waals surface area contributed by atoms with E-state index in [9.17, 15) is 4.79 Å². The third-order valence-electron chi connectivity index (χ3n) is 3.49. The summed E-state index contributed by atoms with van der Waals surface area (Å²) >= 11 is 0. The van der Waals surface area contributed by atoms with Crippen LogP contribution in [-0.4, -0.2) is 40.4 Å². The fraction of sp³-hybridized carbons (Fsp3) is 0.227. The van der Waals surface area contributed by atoms with Crippen LogP contribution < -0.4 is 9.47 Å². The topological polar surface area (TPSA) is 63.2 Å². The molecule has 2 aromatic carbocycles. The molecule has 0 saturated heterocycles. The minimum atomic E-state index is -0.410. The van der Waals surface area contributed by atoms with Gasteiger partial charge in [0.25, 0.3) is 0 Å². The molecule has 2 rings (SSSR count). The average Bonchev–Trinajstić information content (AvgIpc) is 2.74. The van der Waals surface area contributed by atoms with E-state index in [1.54, 1.807) is 38.5 Å². The Bertz CT molecular complexity index is 763. The molecule has 6 heteroatoms. The van der Waals surface area contributed by atoms with Crippen LogP contribution in [0.4, 0.5) is 0 Å². The number of ether oxygens (including phenoxy) is 5. The van der Waals surface area contributed by atoms with Crippen molar-refractivity contribution < 1.29 is 28.5 Å². The Morgan fingerprint density at radius 2 is 1.29 bits per heavy atom. The van der Waals surface area contributed by atoms with Crippen molar-refractivity contribution in [2.24, 2.45) is 0 Å². The van der Waals surface area contributed by atoms with Gasteiger partial charge in [-0.1, -0.05) is 30.3 Å². The molecule has 0 heterocycles. The van der Waals surface area contributed by atoms with Crippen molar-refractivity contribution in [3.05, 3.63) is 71.8 Å². The van der Waals surface area contributed by atoms with Gasteiger partial charge < -0.3 is 23.7 Å². The average molecular weight is 384 g/mol. The number of hydrogen-bond donors (Lipinski definition) is 0. The quantitative estimate of drug-likeness (QED) is 0.332. The van der Waals surface area contributed by atoms with Gasteiger partial charge in [-0.25, -0.2) is 4.79 Å². The molecule has 6 nitrogen and oxygen atoms in total. The molecule has 0 aliphatic heterocycles. The van der Waals surface area contributed by atoms with Crippen LogP contribution in [-0.2, 0) is 19.0 Å². The van der Waals surface area contributed by atoms with Gasteiger partial charge in [0.15, 0.2) is 13.6 Å². The Kier molecular flexibility index (Phi) is 9.34. The van der Waals surface area contributed by atoms with E-state index in [4.69, 9.17) is 23.7 Å². The van der Waals surface area contributed by atoms with Crippen LogP contribution in [0.5, 0.6) is 11.5 Å². The van der Waals surface area contributed by atoms with Crippen molar-refractivity contribution >= 4 is 18.1 Å². The van der Waals surface area contributed by atoms with Gasteiger partial charge >= 0.3 is 5.97 Å². The zero-order valence-electron chi connectivity index (χ0n) is 16.0. The summed E-state index contributed by atoms with van der Waals surface area (Å²) in [4.78, 5) is 11.8. The summed E-state index contributed by atoms with van der Waals surface area (Å²) in [7, 11) is 3.13. The molecular formula is C22H24O6. The van der Waals surface area contributed by atoms with Gasteiger partial charge in [-0.15, -0.1) is 0 Å². The van der Waals surface area contributed by atoms with Gasteiger partial charge in [0.05, 0.1) is 0 Å². The van der Waals surface area contributed by atoms with Crippen LogP contribution in [0.1, 0.15) is 11.1 Å². The van der Waals surface area contributed by atoms with Crippen molar-refractivity contribution in [1.29, 1.82) is 0 Å². The lowest BCUT2D eigenvalue weighted by Gasteiger charge is -2.04. The standard InChI is InChI=1S/C22H24O6/c1-24-16-27-20-10-5-18(6-11-20)4-3-15-26-22(23)14-9-19-7-12-21(13-8-19)28-17-25-2/h3-14H,15-17H2,1-2H3/b4-3+,14-9+. The van der Waals surface area contributed by atoms with E-state index in [0.717, 1.165) is 16.9 Å². The first-order chi connectivity index (χ1) is 13.7. The van der Waals surface area contributed by atoms with E-state index in [1.165, 1.54) is 6.08 Å². The number of rotatable bonds is 11. The van der Waals surface area contributed by atoms with E-state index in [0.29, 0.717) is 5.75 Å². The highest BCUT2D eigenvalue weighted by Crippen LogP contribution is 2.14. The van der Waals surface area contributed by atoms with Crippen LogP contribution in [0.3, 0.4) is 0 Å². The highest BCUT2D eigenvalue weighted by Gasteiger charge is 1.97. The van der Waals surface area contributed by atoms with Crippen LogP contribution in [0.25, 0.3) is 12.2 Å². The number of carbonyl (C=O) groups is 1. The molecule has 0 saturated carbocycles. The van der Waals surface area contributed by atoms with Crippen LogP contribution in [0, 0.1) is 0 Å². The van der Waals surface area contributed by atoms with Gasteiger partial charge in [0, 0.05) is 20.3 Å². The molecule has 0 radical (unpaired) electrons. The van der Waals surface area contributed by atoms with E-state index in [2.05, 4.69) is 0 Å². The van der Waals surface area contributed by atoms with Crippen molar-refractivity contribution in [1.82, 2.24) is 0 Å².